The van der Waals surface area contributed by atoms with Crippen LogP contribution in [0.1, 0.15) is 13.8 Å². The molecule has 2 rings (SSSR count). The van der Waals surface area contributed by atoms with Crippen LogP contribution in [0.5, 0.6) is 0 Å². The lowest BCUT2D eigenvalue weighted by atomic mass is 10.1. The average molecular weight is 403 g/mol. The molecule has 0 aliphatic rings. The van der Waals surface area contributed by atoms with Crippen LogP contribution in [0.25, 0.3) is 11.4 Å². The number of nitrogens with one attached hydrogen (secondary N) is 1. The van der Waals surface area contributed by atoms with Gasteiger partial charge in [0.15, 0.2) is 5.82 Å². The molecule has 0 saturated carbocycles. The highest BCUT2D eigenvalue weighted by atomic mass is 35.5. The van der Waals surface area contributed by atoms with E-state index in [0.717, 1.165) is 11.8 Å². The molecule has 0 bridgehead atoms. The zero-order valence-corrected chi connectivity index (χ0v) is 15.7. The molecule has 3 amide bonds. The van der Waals surface area contributed by atoms with E-state index in [1.54, 1.807) is 18.2 Å². The van der Waals surface area contributed by atoms with Gasteiger partial charge in [0.25, 0.3) is 0 Å². The summed E-state index contributed by atoms with van der Waals surface area (Å²) >= 11 is 13.2. The van der Waals surface area contributed by atoms with Crippen molar-refractivity contribution in [1.29, 1.82) is 0 Å². The number of aromatic nitrogens is 3. The van der Waals surface area contributed by atoms with E-state index in [1.807, 2.05) is 13.8 Å². The minimum Gasteiger partial charge on any atom is -0.351 e. The first kappa shape index (κ1) is 19.4. The van der Waals surface area contributed by atoms with Crippen molar-refractivity contribution in [3.05, 3.63) is 28.2 Å². The lowest BCUT2D eigenvalue weighted by Crippen LogP contribution is -2.42. The molecule has 5 N–H and O–H groups in total. The third-order valence-electron chi connectivity index (χ3n) is 3.18. The molecule has 8 nitrogen and oxygen atoms in total. The minimum absolute atomic E-state index is 0.112. The molecule has 134 valence electrons. The maximum Gasteiger partial charge on any atom is 0.318 e. The van der Waals surface area contributed by atoms with Gasteiger partial charge < -0.3 is 11.6 Å². The molecule has 0 saturated heterocycles. The quantitative estimate of drug-likeness (QED) is 0.519. The molecule has 0 unspecified atom stereocenters. The second-order valence-electron chi connectivity index (χ2n) is 5.44. The SMILES string of the molecule is CC(C)[C@H](Sc1nnc(-c2cc(Cl)ccc2Cl)n1N)C(=O)NC(N)=O. The van der Waals surface area contributed by atoms with Crippen LogP contribution in [0.2, 0.25) is 10.0 Å². The number of nitrogens with zero attached hydrogens (tertiary/aromatic N) is 3. The molecular formula is C14H16Cl2N6O2S. The third kappa shape index (κ3) is 4.56. The summed E-state index contributed by atoms with van der Waals surface area (Å²) in [5, 5.41) is 10.6. The fourth-order valence-electron chi connectivity index (χ4n) is 2.01. The summed E-state index contributed by atoms with van der Waals surface area (Å²) in [5.41, 5.74) is 5.51. The van der Waals surface area contributed by atoms with Gasteiger partial charge in [-0.3, -0.25) is 10.1 Å². The number of nitrogen functional groups attached to an aromatic ring is 1. The Bertz CT molecular complexity index is 811. The number of hydrogen-bond donors (Lipinski definition) is 3. The number of nitrogens with two attached hydrogens (primary N) is 2. The molecule has 0 aliphatic heterocycles. The number of carbonyl (C=O) groups excluding carboxylic acids is 2. The van der Waals surface area contributed by atoms with E-state index >= 15 is 0 Å². The van der Waals surface area contributed by atoms with Gasteiger partial charge in [-0.05, 0) is 24.1 Å². The van der Waals surface area contributed by atoms with Crippen LogP contribution in [0.3, 0.4) is 0 Å². The van der Waals surface area contributed by atoms with E-state index in [0.29, 0.717) is 21.4 Å². The average Bonchev–Trinajstić information content (AvgIpc) is 2.87. The first-order valence-electron chi connectivity index (χ1n) is 7.13. The minimum atomic E-state index is -0.920. The Labute approximate surface area is 158 Å². The fraction of sp³-hybridized carbons (Fsp3) is 0.286. The fourth-order valence-corrected chi connectivity index (χ4v) is 3.34. The number of benzene rings is 1. The lowest BCUT2D eigenvalue weighted by Gasteiger charge is -2.18. The molecule has 1 aromatic carbocycles. The van der Waals surface area contributed by atoms with Gasteiger partial charge in [0, 0.05) is 10.6 Å². The maximum absolute atomic E-state index is 12.1. The van der Waals surface area contributed by atoms with Crippen molar-refractivity contribution in [2.75, 3.05) is 5.84 Å². The van der Waals surface area contributed by atoms with Gasteiger partial charge in [-0.1, -0.05) is 48.8 Å². The molecule has 0 fully saturated rings. The van der Waals surface area contributed by atoms with Crippen LogP contribution >= 0.6 is 35.0 Å². The molecule has 1 aromatic heterocycles. The van der Waals surface area contributed by atoms with Crippen molar-refractivity contribution in [2.24, 2.45) is 11.7 Å². The summed E-state index contributed by atoms with van der Waals surface area (Å²) in [6.45, 7) is 3.65. The molecule has 0 radical (unpaired) electrons. The number of rotatable bonds is 5. The predicted molar refractivity (Wildman–Crippen MR) is 97.8 cm³/mol. The molecule has 0 aliphatic carbocycles. The zero-order chi connectivity index (χ0) is 18.7. The van der Waals surface area contributed by atoms with E-state index in [2.05, 4.69) is 15.5 Å². The number of halogens is 2. The Hall–Kier alpha value is -1.97. The normalized spacial score (nSPS) is 12.2. The molecule has 0 spiro atoms. The van der Waals surface area contributed by atoms with E-state index in [1.165, 1.54) is 4.68 Å². The summed E-state index contributed by atoms with van der Waals surface area (Å²) in [6.07, 6.45) is 0. The zero-order valence-electron chi connectivity index (χ0n) is 13.4. The highest BCUT2D eigenvalue weighted by Gasteiger charge is 2.27. The smallest absolute Gasteiger partial charge is 0.318 e. The highest BCUT2D eigenvalue weighted by Crippen LogP contribution is 2.32. The molecule has 25 heavy (non-hydrogen) atoms. The second-order valence-corrected chi connectivity index (χ2v) is 7.39. The summed E-state index contributed by atoms with van der Waals surface area (Å²) < 4.78 is 1.22. The standard InChI is InChI=1S/C14H16Cl2N6O2S/c1-6(2)10(12(23)19-13(17)24)25-14-21-20-11(22(14)18)8-5-7(15)3-4-9(8)16/h3-6,10H,18H2,1-2H3,(H3,17,19,23,24)/t10-/m0/s1. The van der Waals surface area contributed by atoms with Crippen LogP contribution in [-0.4, -0.2) is 32.1 Å². The van der Waals surface area contributed by atoms with Crippen LogP contribution in [0.15, 0.2) is 23.4 Å². The van der Waals surface area contributed by atoms with Gasteiger partial charge in [-0.15, -0.1) is 10.2 Å². The maximum atomic E-state index is 12.1. The second kappa shape index (κ2) is 7.94. The van der Waals surface area contributed by atoms with Gasteiger partial charge in [-0.25, -0.2) is 9.47 Å². The lowest BCUT2D eigenvalue weighted by molar-refractivity contribution is -0.120. The number of carbonyl (C=O) groups is 2. The highest BCUT2D eigenvalue weighted by molar-refractivity contribution is 8.00. The summed E-state index contributed by atoms with van der Waals surface area (Å²) in [4.78, 5) is 23.0. The van der Waals surface area contributed by atoms with Crippen molar-refractivity contribution in [1.82, 2.24) is 20.2 Å². The largest absolute Gasteiger partial charge is 0.351 e. The summed E-state index contributed by atoms with van der Waals surface area (Å²) in [7, 11) is 0. The van der Waals surface area contributed by atoms with Gasteiger partial charge in [0.05, 0.1) is 10.3 Å². The van der Waals surface area contributed by atoms with E-state index in [9.17, 15) is 9.59 Å². The van der Waals surface area contributed by atoms with Crippen molar-refractivity contribution in [3.63, 3.8) is 0 Å². The first-order valence-corrected chi connectivity index (χ1v) is 8.77. The number of amides is 3. The Kier molecular flexibility index (Phi) is 6.15. The molecule has 1 heterocycles. The van der Waals surface area contributed by atoms with Crippen LogP contribution < -0.4 is 16.9 Å². The van der Waals surface area contributed by atoms with Crippen molar-refractivity contribution >= 4 is 46.9 Å². The number of primary amides is 1. The number of imide groups is 1. The molecule has 2 aromatic rings. The number of thioether (sulfide) groups is 1. The van der Waals surface area contributed by atoms with E-state index in [-0.39, 0.29) is 11.1 Å². The monoisotopic (exact) mass is 402 g/mol. The third-order valence-corrected chi connectivity index (χ3v) is 5.24. The Morgan fingerprint density at radius 1 is 1.28 bits per heavy atom. The Balaban J connectivity index is 2.32. The molecule has 11 heteroatoms. The van der Waals surface area contributed by atoms with Crippen LogP contribution in [0.4, 0.5) is 4.79 Å². The molecule has 1 atom stereocenters. The van der Waals surface area contributed by atoms with Gasteiger partial charge in [0.1, 0.15) is 0 Å². The van der Waals surface area contributed by atoms with Crippen molar-refractivity contribution in [2.45, 2.75) is 24.3 Å². The number of hydrogen-bond acceptors (Lipinski definition) is 6. The van der Waals surface area contributed by atoms with E-state index in [4.69, 9.17) is 34.8 Å². The molecular weight excluding hydrogens is 387 g/mol. The van der Waals surface area contributed by atoms with Gasteiger partial charge in [-0.2, -0.15) is 0 Å². The summed E-state index contributed by atoms with van der Waals surface area (Å²) in [5.74, 6) is 5.71. The van der Waals surface area contributed by atoms with Gasteiger partial charge in [0.2, 0.25) is 11.1 Å². The van der Waals surface area contributed by atoms with Crippen LogP contribution in [-0.2, 0) is 4.79 Å². The summed E-state index contributed by atoms with van der Waals surface area (Å²) in [6, 6.07) is 3.96. The van der Waals surface area contributed by atoms with Gasteiger partial charge >= 0.3 is 6.03 Å². The first-order chi connectivity index (χ1) is 11.7. The van der Waals surface area contributed by atoms with E-state index < -0.39 is 17.2 Å². The van der Waals surface area contributed by atoms with Crippen molar-refractivity contribution < 1.29 is 9.59 Å². The predicted octanol–water partition coefficient (Wildman–Crippen LogP) is 2.28. The Morgan fingerprint density at radius 3 is 2.56 bits per heavy atom. The topological polar surface area (TPSA) is 129 Å². The van der Waals surface area contributed by atoms with Crippen molar-refractivity contribution in [3.8, 4) is 11.4 Å². The Morgan fingerprint density at radius 2 is 1.96 bits per heavy atom. The number of urea groups is 1. The van der Waals surface area contributed by atoms with Crippen LogP contribution in [0, 0.1) is 5.92 Å².